The number of carbonyl (C=O) groups excluding carboxylic acids is 2. The number of benzene rings is 2. The number of alkyl halides is 6. The number of aromatic amines is 1. The molecule has 0 spiro atoms. The van der Waals surface area contributed by atoms with E-state index in [4.69, 9.17) is 0 Å². The molecule has 0 radical (unpaired) electrons. The number of aromatic nitrogens is 1. The maximum Gasteiger partial charge on any atom is 0.416 e. The third-order valence-electron chi connectivity index (χ3n) is 5.60. The molecule has 2 amide bonds. The summed E-state index contributed by atoms with van der Waals surface area (Å²) >= 11 is 0.404. The molecule has 1 aliphatic heterocycles. The number of nitrogens with one attached hydrogen (secondary N) is 2. The molecule has 2 aromatic carbocycles. The summed E-state index contributed by atoms with van der Waals surface area (Å²) in [6.45, 7) is 3.87. The lowest BCUT2D eigenvalue weighted by atomic mass is 9.90. The predicted molar refractivity (Wildman–Crippen MR) is 121 cm³/mol. The first-order valence-corrected chi connectivity index (χ1v) is 11.2. The zero-order chi connectivity index (χ0) is 25.7. The third-order valence-corrected chi connectivity index (χ3v) is 6.41. The van der Waals surface area contributed by atoms with Gasteiger partial charge in [0.25, 0.3) is 11.1 Å². The van der Waals surface area contributed by atoms with Gasteiger partial charge in [0, 0.05) is 17.1 Å². The van der Waals surface area contributed by atoms with Gasteiger partial charge in [0.15, 0.2) is 0 Å². The maximum atomic E-state index is 14.0. The van der Waals surface area contributed by atoms with E-state index in [1.807, 2.05) is 19.2 Å². The van der Waals surface area contributed by atoms with Crippen molar-refractivity contribution in [3.8, 4) is 0 Å². The molecule has 184 valence electrons. The van der Waals surface area contributed by atoms with Crippen LogP contribution in [-0.4, -0.2) is 16.1 Å². The average Bonchev–Trinajstić information content (AvgIpc) is 3.29. The fourth-order valence-electron chi connectivity index (χ4n) is 4.03. The van der Waals surface area contributed by atoms with Crippen LogP contribution in [0.2, 0.25) is 0 Å². The second-order valence-electron chi connectivity index (χ2n) is 8.40. The van der Waals surface area contributed by atoms with Crippen LogP contribution in [0.5, 0.6) is 0 Å². The summed E-state index contributed by atoms with van der Waals surface area (Å²) in [5.41, 5.74) is -2.38. The van der Waals surface area contributed by atoms with E-state index in [2.05, 4.69) is 4.98 Å². The summed E-state index contributed by atoms with van der Waals surface area (Å²) in [6, 6.07) is 5.86. The van der Waals surface area contributed by atoms with Gasteiger partial charge in [-0.1, -0.05) is 19.9 Å². The largest absolute Gasteiger partial charge is 0.416 e. The van der Waals surface area contributed by atoms with Crippen LogP contribution in [0.3, 0.4) is 0 Å². The second kappa shape index (κ2) is 8.78. The lowest BCUT2D eigenvalue weighted by Crippen LogP contribution is -2.18. The summed E-state index contributed by atoms with van der Waals surface area (Å²) in [4.78, 5) is 25.9. The Morgan fingerprint density at radius 3 is 2.11 bits per heavy atom. The Balaban J connectivity index is 1.88. The number of carbonyl (C=O) groups is 2. The van der Waals surface area contributed by atoms with Gasteiger partial charge in [-0.2, -0.15) is 26.3 Å². The Kier molecular flexibility index (Phi) is 6.25. The Morgan fingerprint density at radius 2 is 1.60 bits per heavy atom. The molecule has 4 rings (SSSR count). The molecule has 1 saturated heterocycles. The maximum absolute atomic E-state index is 14.0. The minimum atomic E-state index is -5.09. The van der Waals surface area contributed by atoms with Crippen molar-refractivity contribution < 1.29 is 35.9 Å². The first kappa shape index (κ1) is 24.9. The smallest absolute Gasteiger partial charge is 0.361 e. The number of amides is 2. The van der Waals surface area contributed by atoms with Gasteiger partial charge in [0.05, 0.1) is 16.0 Å². The molecule has 35 heavy (non-hydrogen) atoms. The molecular formula is C24H18F6N2O2S. The fourth-order valence-corrected chi connectivity index (χ4v) is 4.71. The number of halogens is 6. The van der Waals surface area contributed by atoms with E-state index < -0.39 is 52.2 Å². The highest BCUT2D eigenvalue weighted by Crippen LogP contribution is 2.42. The van der Waals surface area contributed by atoms with E-state index in [1.165, 1.54) is 6.07 Å². The van der Waals surface area contributed by atoms with Crippen molar-refractivity contribution in [2.24, 2.45) is 0 Å². The van der Waals surface area contributed by atoms with Gasteiger partial charge < -0.3 is 4.98 Å². The van der Waals surface area contributed by atoms with Crippen molar-refractivity contribution in [1.29, 1.82) is 0 Å². The van der Waals surface area contributed by atoms with E-state index in [9.17, 15) is 35.9 Å². The molecular weight excluding hydrogens is 494 g/mol. The van der Waals surface area contributed by atoms with Gasteiger partial charge >= 0.3 is 12.4 Å². The van der Waals surface area contributed by atoms with Crippen molar-refractivity contribution >= 4 is 39.9 Å². The summed E-state index contributed by atoms with van der Waals surface area (Å²) in [6.07, 6.45) is -8.17. The SMILES string of the molecule is CC(C)c1c[nH]c2ccc(Cc3c(C(F)(F)F)cc(/C=C4/SC(=O)NC4=O)cc3C(F)(F)F)cc12. The van der Waals surface area contributed by atoms with Crippen LogP contribution in [0.25, 0.3) is 17.0 Å². The Morgan fingerprint density at radius 1 is 0.971 bits per heavy atom. The lowest BCUT2D eigenvalue weighted by molar-refractivity contribution is -0.144. The molecule has 0 bridgehead atoms. The number of fused-ring (bicyclic) bond motifs is 1. The van der Waals surface area contributed by atoms with E-state index in [-0.39, 0.29) is 16.4 Å². The number of hydrogen-bond donors (Lipinski definition) is 2. The number of imide groups is 1. The molecule has 1 fully saturated rings. The summed E-state index contributed by atoms with van der Waals surface area (Å²) in [5.74, 6) is -0.785. The lowest BCUT2D eigenvalue weighted by Gasteiger charge is -2.20. The first-order valence-electron chi connectivity index (χ1n) is 10.4. The van der Waals surface area contributed by atoms with Crippen LogP contribution in [-0.2, 0) is 23.6 Å². The van der Waals surface area contributed by atoms with E-state index >= 15 is 0 Å². The van der Waals surface area contributed by atoms with Crippen LogP contribution < -0.4 is 5.32 Å². The topological polar surface area (TPSA) is 62.0 Å². The van der Waals surface area contributed by atoms with Gasteiger partial charge in [-0.15, -0.1) is 0 Å². The standard InChI is InChI=1S/C24H18F6N2O2S/c1-11(2)16-10-31-19-4-3-12(5-14(16)19)6-15-17(23(25,26)27)7-13(8-18(15)24(28,29)30)9-20-21(33)32-22(34)35-20/h3-5,7-11,31H,6H2,1-2H3,(H,32,33,34)/b20-9+. The quantitative estimate of drug-likeness (QED) is 0.286. The van der Waals surface area contributed by atoms with Gasteiger partial charge in [-0.05, 0) is 76.7 Å². The van der Waals surface area contributed by atoms with E-state index in [0.29, 0.717) is 23.9 Å². The molecule has 3 aromatic rings. The van der Waals surface area contributed by atoms with Crippen molar-refractivity contribution in [3.05, 3.63) is 74.8 Å². The number of H-pyrrole nitrogens is 1. The highest BCUT2D eigenvalue weighted by atomic mass is 32.2. The van der Waals surface area contributed by atoms with Crippen LogP contribution in [0.4, 0.5) is 31.1 Å². The second-order valence-corrected chi connectivity index (χ2v) is 9.41. The monoisotopic (exact) mass is 512 g/mol. The molecule has 2 N–H and O–H groups in total. The number of rotatable bonds is 4. The molecule has 0 unspecified atom stereocenters. The average molecular weight is 512 g/mol. The van der Waals surface area contributed by atoms with Crippen molar-refractivity contribution in [3.63, 3.8) is 0 Å². The molecule has 11 heteroatoms. The highest BCUT2D eigenvalue weighted by Gasteiger charge is 2.41. The van der Waals surface area contributed by atoms with Crippen LogP contribution in [0.1, 0.15) is 53.1 Å². The Hall–Kier alpha value is -3.21. The minimum Gasteiger partial charge on any atom is -0.361 e. The van der Waals surface area contributed by atoms with Gasteiger partial charge in [-0.25, -0.2) is 0 Å². The zero-order valence-electron chi connectivity index (χ0n) is 18.3. The number of thioether (sulfide) groups is 1. The number of hydrogen-bond acceptors (Lipinski definition) is 3. The molecule has 0 saturated carbocycles. The summed E-state index contributed by atoms with van der Waals surface area (Å²) < 4.78 is 84.0. The molecule has 4 nitrogen and oxygen atoms in total. The molecule has 0 aliphatic carbocycles. The minimum absolute atomic E-state index is 0.0975. The van der Waals surface area contributed by atoms with Gasteiger partial charge in [-0.3, -0.25) is 14.9 Å². The van der Waals surface area contributed by atoms with Crippen molar-refractivity contribution in [2.75, 3.05) is 0 Å². The zero-order valence-corrected chi connectivity index (χ0v) is 19.1. The van der Waals surface area contributed by atoms with Gasteiger partial charge in [0.2, 0.25) is 0 Å². The van der Waals surface area contributed by atoms with Gasteiger partial charge in [0.1, 0.15) is 0 Å². The molecule has 2 heterocycles. The van der Waals surface area contributed by atoms with Crippen molar-refractivity contribution in [2.45, 2.75) is 38.5 Å². The summed E-state index contributed by atoms with van der Waals surface area (Å²) in [5, 5.41) is 1.89. The molecule has 1 aliphatic rings. The molecule has 1 aromatic heterocycles. The predicted octanol–water partition coefficient (Wildman–Crippen LogP) is 7.24. The highest BCUT2D eigenvalue weighted by molar-refractivity contribution is 8.18. The van der Waals surface area contributed by atoms with Crippen molar-refractivity contribution in [1.82, 2.24) is 10.3 Å². The van der Waals surface area contributed by atoms with E-state index in [1.54, 1.807) is 18.3 Å². The van der Waals surface area contributed by atoms with Crippen LogP contribution in [0.15, 0.2) is 41.4 Å². The normalized spacial score (nSPS) is 16.1. The first-order chi connectivity index (χ1) is 16.2. The van der Waals surface area contributed by atoms with E-state index in [0.717, 1.165) is 22.5 Å². The fraction of sp³-hybridized carbons (Fsp3) is 0.250. The third kappa shape index (κ3) is 5.09. The molecule has 0 atom stereocenters. The van der Waals surface area contributed by atoms with Crippen LogP contribution in [0, 0.1) is 0 Å². The Bertz CT molecular complexity index is 1330. The van der Waals surface area contributed by atoms with Crippen LogP contribution >= 0.6 is 11.8 Å². The Labute approximate surface area is 199 Å². The summed E-state index contributed by atoms with van der Waals surface area (Å²) in [7, 11) is 0.